The van der Waals surface area contributed by atoms with E-state index in [1.807, 2.05) is 54.5 Å². The Morgan fingerprint density at radius 1 is 1.17 bits per heavy atom. The Morgan fingerprint density at radius 2 is 2.00 bits per heavy atom. The first-order chi connectivity index (χ1) is 11.2. The SMILES string of the molecule is CN(Cc1cnn(-c2ccccc2)n1)C[C@H](O)Cn1cccn1. The third kappa shape index (κ3) is 4.24. The Labute approximate surface area is 134 Å². The van der Waals surface area contributed by atoms with E-state index in [-0.39, 0.29) is 0 Å². The third-order valence-electron chi connectivity index (χ3n) is 3.44. The molecule has 0 unspecified atom stereocenters. The number of aliphatic hydroxyl groups excluding tert-OH is 1. The smallest absolute Gasteiger partial charge is 0.0971 e. The van der Waals surface area contributed by atoms with Crippen LogP contribution in [-0.2, 0) is 13.1 Å². The molecule has 1 aromatic carbocycles. The molecule has 0 bridgehead atoms. The number of aromatic nitrogens is 5. The number of hydrogen-bond donors (Lipinski definition) is 1. The molecule has 3 aromatic rings. The topological polar surface area (TPSA) is 72.0 Å². The molecule has 7 nitrogen and oxygen atoms in total. The molecule has 1 N–H and O–H groups in total. The van der Waals surface area contributed by atoms with Gasteiger partial charge in [-0.2, -0.15) is 20.1 Å². The molecule has 0 aliphatic carbocycles. The summed E-state index contributed by atoms with van der Waals surface area (Å²) in [4.78, 5) is 3.64. The van der Waals surface area contributed by atoms with E-state index in [1.54, 1.807) is 21.9 Å². The highest BCUT2D eigenvalue weighted by atomic mass is 16.3. The minimum atomic E-state index is -0.482. The van der Waals surface area contributed by atoms with Crippen molar-refractivity contribution in [2.24, 2.45) is 0 Å². The zero-order valence-electron chi connectivity index (χ0n) is 13.0. The van der Waals surface area contributed by atoms with Gasteiger partial charge in [0.2, 0.25) is 0 Å². The van der Waals surface area contributed by atoms with Crippen LogP contribution in [0.1, 0.15) is 5.69 Å². The Kier molecular flexibility index (Phi) is 4.80. The van der Waals surface area contributed by atoms with Crippen LogP contribution in [0, 0.1) is 0 Å². The number of rotatable bonds is 7. The lowest BCUT2D eigenvalue weighted by Gasteiger charge is -2.19. The van der Waals surface area contributed by atoms with Crippen LogP contribution >= 0.6 is 0 Å². The maximum atomic E-state index is 10.1. The van der Waals surface area contributed by atoms with Crippen molar-refractivity contribution in [3.63, 3.8) is 0 Å². The Bertz CT molecular complexity index is 709. The van der Waals surface area contributed by atoms with E-state index in [0.29, 0.717) is 19.6 Å². The average Bonchev–Trinajstić information content (AvgIpc) is 3.20. The van der Waals surface area contributed by atoms with Crippen LogP contribution in [0.2, 0.25) is 0 Å². The third-order valence-corrected chi connectivity index (χ3v) is 3.44. The van der Waals surface area contributed by atoms with Crippen LogP contribution in [0.4, 0.5) is 0 Å². The van der Waals surface area contributed by atoms with Crippen molar-refractivity contribution in [2.45, 2.75) is 19.2 Å². The number of hydrogen-bond acceptors (Lipinski definition) is 5. The van der Waals surface area contributed by atoms with E-state index in [4.69, 9.17) is 0 Å². The molecule has 0 fully saturated rings. The summed E-state index contributed by atoms with van der Waals surface area (Å²) in [6.07, 6.45) is 4.82. The first-order valence-corrected chi connectivity index (χ1v) is 7.51. The fraction of sp³-hybridized carbons (Fsp3) is 0.312. The lowest BCUT2D eigenvalue weighted by atomic mass is 10.3. The van der Waals surface area contributed by atoms with Crippen molar-refractivity contribution in [3.8, 4) is 5.69 Å². The summed E-state index contributed by atoms with van der Waals surface area (Å²) in [7, 11) is 1.95. The lowest BCUT2D eigenvalue weighted by molar-refractivity contribution is 0.103. The quantitative estimate of drug-likeness (QED) is 0.703. The summed E-state index contributed by atoms with van der Waals surface area (Å²) in [6.45, 7) is 1.65. The molecule has 1 atom stereocenters. The maximum absolute atomic E-state index is 10.1. The van der Waals surface area contributed by atoms with Gasteiger partial charge in [0, 0.05) is 25.5 Å². The van der Waals surface area contributed by atoms with Gasteiger partial charge in [0.25, 0.3) is 0 Å². The van der Waals surface area contributed by atoms with E-state index in [1.165, 1.54) is 0 Å². The second-order valence-electron chi connectivity index (χ2n) is 5.54. The number of likely N-dealkylation sites (N-methyl/N-ethyl adjacent to an activating group) is 1. The van der Waals surface area contributed by atoms with E-state index in [2.05, 4.69) is 15.3 Å². The van der Waals surface area contributed by atoms with Crippen LogP contribution in [0.5, 0.6) is 0 Å². The van der Waals surface area contributed by atoms with Gasteiger partial charge in [0.1, 0.15) is 0 Å². The summed E-state index contributed by atoms with van der Waals surface area (Å²) in [5.74, 6) is 0. The highest BCUT2D eigenvalue weighted by Gasteiger charge is 2.11. The van der Waals surface area contributed by atoms with E-state index in [0.717, 1.165) is 11.4 Å². The molecule has 0 radical (unpaired) electrons. The van der Waals surface area contributed by atoms with E-state index < -0.39 is 6.10 Å². The standard InChI is InChI=1S/C16H20N6O/c1-20(12-16(23)13-21-9-5-8-17-21)11-14-10-18-22(19-14)15-6-3-2-4-7-15/h2-10,16,23H,11-13H2,1H3/t16-/m0/s1. The first-order valence-electron chi connectivity index (χ1n) is 7.51. The van der Waals surface area contributed by atoms with Crippen molar-refractivity contribution < 1.29 is 5.11 Å². The van der Waals surface area contributed by atoms with E-state index >= 15 is 0 Å². The van der Waals surface area contributed by atoms with Gasteiger partial charge in [-0.3, -0.25) is 9.58 Å². The first kappa shape index (κ1) is 15.4. The number of para-hydroxylation sites is 1. The van der Waals surface area contributed by atoms with Crippen molar-refractivity contribution in [2.75, 3.05) is 13.6 Å². The second-order valence-corrected chi connectivity index (χ2v) is 5.54. The predicted molar refractivity (Wildman–Crippen MR) is 85.9 cm³/mol. The molecule has 0 amide bonds. The van der Waals surface area contributed by atoms with Gasteiger partial charge >= 0.3 is 0 Å². The minimum absolute atomic E-state index is 0.480. The average molecular weight is 312 g/mol. The number of aliphatic hydroxyl groups is 1. The number of benzene rings is 1. The highest BCUT2D eigenvalue weighted by molar-refractivity contribution is 5.28. The summed E-state index contributed by atoms with van der Waals surface area (Å²) >= 11 is 0. The van der Waals surface area contributed by atoms with Crippen LogP contribution in [-0.4, -0.2) is 54.5 Å². The van der Waals surface area contributed by atoms with Gasteiger partial charge in [-0.1, -0.05) is 18.2 Å². The fourth-order valence-corrected chi connectivity index (χ4v) is 2.44. The van der Waals surface area contributed by atoms with Crippen LogP contribution in [0.25, 0.3) is 5.69 Å². The Hall–Kier alpha value is -2.51. The molecule has 120 valence electrons. The van der Waals surface area contributed by atoms with Gasteiger partial charge in [-0.05, 0) is 25.2 Å². The van der Waals surface area contributed by atoms with Crippen LogP contribution in [0.3, 0.4) is 0 Å². The second kappa shape index (κ2) is 7.17. The lowest BCUT2D eigenvalue weighted by Crippen LogP contribution is -2.32. The van der Waals surface area contributed by atoms with Gasteiger partial charge < -0.3 is 5.11 Å². The van der Waals surface area contributed by atoms with Gasteiger partial charge in [-0.15, -0.1) is 0 Å². The molecular formula is C16H20N6O. The summed E-state index contributed by atoms with van der Waals surface area (Å²) in [5.41, 5.74) is 1.79. The summed E-state index contributed by atoms with van der Waals surface area (Å²) in [5, 5.41) is 23.0. The van der Waals surface area contributed by atoms with Gasteiger partial charge in [-0.25, -0.2) is 0 Å². The summed E-state index contributed by atoms with van der Waals surface area (Å²) < 4.78 is 1.73. The van der Waals surface area contributed by atoms with Crippen LogP contribution < -0.4 is 0 Å². The molecule has 2 heterocycles. The van der Waals surface area contributed by atoms with Crippen LogP contribution in [0.15, 0.2) is 55.0 Å². The fourth-order valence-electron chi connectivity index (χ4n) is 2.44. The zero-order valence-corrected chi connectivity index (χ0v) is 13.0. The minimum Gasteiger partial charge on any atom is -0.390 e. The number of nitrogens with zero attached hydrogens (tertiary/aromatic N) is 6. The Balaban J connectivity index is 1.54. The zero-order chi connectivity index (χ0) is 16.1. The van der Waals surface area contributed by atoms with Crippen molar-refractivity contribution in [1.29, 1.82) is 0 Å². The molecule has 0 spiro atoms. The predicted octanol–water partition coefficient (Wildman–Crippen LogP) is 0.957. The molecule has 0 aliphatic rings. The van der Waals surface area contributed by atoms with Crippen molar-refractivity contribution >= 4 is 0 Å². The molecule has 0 saturated heterocycles. The molecule has 0 saturated carbocycles. The molecular weight excluding hydrogens is 292 g/mol. The maximum Gasteiger partial charge on any atom is 0.0971 e. The van der Waals surface area contributed by atoms with Gasteiger partial charge in [0.05, 0.1) is 30.2 Å². The largest absolute Gasteiger partial charge is 0.390 e. The monoisotopic (exact) mass is 312 g/mol. The molecule has 0 aliphatic heterocycles. The van der Waals surface area contributed by atoms with Crippen molar-refractivity contribution in [3.05, 3.63) is 60.7 Å². The molecule has 7 heteroatoms. The van der Waals surface area contributed by atoms with Crippen molar-refractivity contribution in [1.82, 2.24) is 29.7 Å². The van der Waals surface area contributed by atoms with E-state index in [9.17, 15) is 5.11 Å². The summed E-state index contributed by atoms with van der Waals surface area (Å²) in [6, 6.07) is 11.6. The normalized spacial score (nSPS) is 12.7. The molecule has 2 aromatic heterocycles. The Morgan fingerprint density at radius 3 is 2.74 bits per heavy atom. The highest BCUT2D eigenvalue weighted by Crippen LogP contribution is 2.06. The molecule has 23 heavy (non-hydrogen) atoms. The molecule has 3 rings (SSSR count). The van der Waals surface area contributed by atoms with Gasteiger partial charge in [0.15, 0.2) is 0 Å².